The Bertz CT molecular complexity index is 337. The molecular weight excluding hydrogens is 202 g/mol. The Morgan fingerprint density at radius 1 is 1.79 bits per heavy atom. The summed E-state index contributed by atoms with van der Waals surface area (Å²) in [7, 11) is 0. The number of hydrogen-bond donors (Lipinski definition) is 1. The number of aryl methyl sites for hydroxylation is 1. The summed E-state index contributed by atoms with van der Waals surface area (Å²) >= 11 is 5.82. The molecule has 4 nitrogen and oxygen atoms in total. The zero-order valence-corrected chi connectivity index (χ0v) is 8.71. The van der Waals surface area contributed by atoms with Crippen LogP contribution in [0.5, 0.6) is 0 Å². The molecular formula is C9H12ClN3O. The van der Waals surface area contributed by atoms with E-state index in [2.05, 4.69) is 10.4 Å². The van der Waals surface area contributed by atoms with Gasteiger partial charge in [-0.2, -0.15) is 5.10 Å². The molecule has 1 amide bonds. The predicted octanol–water partition coefficient (Wildman–Crippen LogP) is 1.12. The second-order valence-electron chi connectivity index (χ2n) is 3.60. The van der Waals surface area contributed by atoms with E-state index in [4.69, 9.17) is 11.6 Å². The first-order valence-electron chi connectivity index (χ1n) is 4.64. The lowest BCUT2D eigenvalue weighted by molar-refractivity contribution is -0.122. The molecule has 1 aliphatic rings. The minimum absolute atomic E-state index is 0.00617. The molecule has 1 heterocycles. The van der Waals surface area contributed by atoms with Gasteiger partial charge >= 0.3 is 0 Å². The van der Waals surface area contributed by atoms with E-state index >= 15 is 0 Å². The number of hydrogen-bond acceptors (Lipinski definition) is 2. The molecule has 0 atom stereocenters. The molecule has 0 radical (unpaired) electrons. The Kier molecular flexibility index (Phi) is 2.46. The zero-order valence-electron chi connectivity index (χ0n) is 7.96. The number of rotatable bonds is 3. The van der Waals surface area contributed by atoms with Gasteiger partial charge < -0.3 is 5.32 Å². The first kappa shape index (κ1) is 9.52. The van der Waals surface area contributed by atoms with Gasteiger partial charge in [-0.3, -0.25) is 9.48 Å². The van der Waals surface area contributed by atoms with Gasteiger partial charge in [0.15, 0.2) is 0 Å². The van der Waals surface area contributed by atoms with Crippen molar-refractivity contribution in [3.63, 3.8) is 0 Å². The van der Waals surface area contributed by atoms with Gasteiger partial charge in [0, 0.05) is 12.2 Å². The molecule has 14 heavy (non-hydrogen) atoms. The van der Waals surface area contributed by atoms with E-state index in [1.54, 1.807) is 10.9 Å². The summed E-state index contributed by atoms with van der Waals surface area (Å²) in [6, 6.07) is 0.398. The molecule has 1 aromatic heterocycles. The van der Waals surface area contributed by atoms with Gasteiger partial charge in [-0.25, -0.2) is 0 Å². The quantitative estimate of drug-likeness (QED) is 0.818. The minimum Gasteiger partial charge on any atom is -0.352 e. The fourth-order valence-electron chi connectivity index (χ4n) is 1.22. The van der Waals surface area contributed by atoms with E-state index in [1.807, 2.05) is 6.92 Å². The number of carbonyl (C=O) groups is 1. The van der Waals surface area contributed by atoms with Gasteiger partial charge in [0.25, 0.3) is 0 Å². The Balaban J connectivity index is 1.92. The number of amides is 1. The third-order valence-corrected chi connectivity index (χ3v) is 2.51. The molecule has 0 aromatic carbocycles. The summed E-state index contributed by atoms with van der Waals surface area (Å²) in [5, 5.41) is 7.59. The van der Waals surface area contributed by atoms with Crippen molar-refractivity contribution >= 4 is 17.5 Å². The third-order valence-electron chi connectivity index (χ3n) is 2.13. The van der Waals surface area contributed by atoms with Gasteiger partial charge in [-0.1, -0.05) is 11.6 Å². The largest absolute Gasteiger partial charge is 0.352 e. The van der Waals surface area contributed by atoms with Crippen LogP contribution in [0.3, 0.4) is 0 Å². The molecule has 1 aromatic rings. The Labute approximate surface area is 87.2 Å². The summed E-state index contributed by atoms with van der Waals surface area (Å²) in [6.07, 6.45) is 3.87. The molecule has 1 fully saturated rings. The zero-order chi connectivity index (χ0) is 10.1. The van der Waals surface area contributed by atoms with Gasteiger partial charge in [0.05, 0.1) is 10.7 Å². The monoisotopic (exact) mass is 213 g/mol. The average molecular weight is 214 g/mol. The normalized spacial score (nSPS) is 15.6. The van der Waals surface area contributed by atoms with E-state index in [9.17, 15) is 4.79 Å². The van der Waals surface area contributed by atoms with Crippen molar-refractivity contribution in [1.29, 1.82) is 0 Å². The summed E-state index contributed by atoms with van der Waals surface area (Å²) in [4.78, 5) is 11.4. The molecule has 76 valence electrons. The lowest BCUT2D eigenvalue weighted by Gasteiger charge is -2.02. The summed E-state index contributed by atoms with van der Waals surface area (Å²) in [5.41, 5.74) is 0.755. The first-order chi connectivity index (χ1) is 6.65. The molecule has 0 bridgehead atoms. The molecule has 1 saturated carbocycles. The number of nitrogens with zero attached hydrogens (tertiary/aromatic N) is 2. The minimum atomic E-state index is 0.00617. The van der Waals surface area contributed by atoms with E-state index in [-0.39, 0.29) is 12.5 Å². The van der Waals surface area contributed by atoms with Crippen molar-refractivity contribution in [2.24, 2.45) is 0 Å². The first-order valence-corrected chi connectivity index (χ1v) is 5.02. The van der Waals surface area contributed by atoms with Crippen molar-refractivity contribution < 1.29 is 4.79 Å². The van der Waals surface area contributed by atoms with Crippen molar-refractivity contribution in [3.8, 4) is 0 Å². The second kappa shape index (κ2) is 3.61. The third kappa shape index (κ3) is 2.26. The summed E-state index contributed by atoms with van der Waals surface area (Å²) in [6.45, 7) is 2.07. The fraction of sp³-hybridized carbons (Fsp3) is 0.556. The van der Waals surface area contributed by atoms with Crippen molar-refractivity contribution in [2.75, 3.05) is 0 Å². The Morgan fingerprint density at radius 2 is 2.50 bits per heavy atom. The van der Waals surface area contributed by atoms with Crippen molar-refractivity contribution in [3.05, 3.63) is 16.9 Å². The molecule has 0 unspecified atom stereocenters. The molecule has 1 aliphatic carbocycles. The topological polar surface area (TPSA) is 46.9 Å². The van der Waals surface area contributed by atoms with Crippen LogP contribution in [0, 0.1) is 6.92 Å². The van der Waals surface area contributed by atoms with Crippen LogP contribution in [-0.4, -0.2) is 21.7 Å². The summed E-state index contributed by atoms with van der Waals surface area (Å²) < 4.78 is 1.56. The van der Waals surface area contributed by atoms with Crippen LogP contribution >= 0.6 is 11.6 Å². The smallest absolute Gasteiger partial charge is 0.241 e. The highest BCUT2D eigenvalue weighted by atomic mass is 35.5. The van der Waals surface area contributed by atoms with Crippen LogP contribution in [0.15, 0.2) is 6.20 Å². The highest BCUT2D eigenvalue weighted by Crippen LogP contribution is 2.18. The number of carbonyl (C=O) groups excluding carboxylic acids is 1. The lowest BCUT2D eigenvalue weighted by atomic mass is 10.5. The average Bonchev–Trinajstić information content (AvgIpc) is 2.82. The van der Waals surface area contributed by atoms with Gasteiger partial charge in [-0.15, -0.1) is 0 Å². The second-order valence-corrected chi connectivity index (χ2v) is 4.01. The Morgan fingerprint density at radius 3 is 3.00 bits per heavy atom. The van der Waals surface area contributed by atoms with Crippen LogP contribution in [0.4, 0.5) is 0 Å². The van der Waals surface area contributed by atoms with Crippen LogP contribution < -0.4 is 5.32 Å². The molecule has 1 N–H and O–H groups in total. The highest BCUT2D eigenvalue weighted by Gasteiger charge is 2.23. The van der Waals surface area contributed by atoms with Crippen molar-refractivity contribution in [2.45, 2.75) is 32.4 Å². The standard InChI is InChI=1S/C9H12ClN3O/c1-6-8(10)4-13(12-6)5-9(14)11-7-2-3-7/h4,7H,2-3,5H2,1H3,(H,11,14). The van der Waals surface area contributed by atoms with E-state index in [0.717, 1.165) is 18.5 Å². The Hall–Kier alpha value is -1.03. The molecule has 0 aliphatic heterocycles. The fourth-order valence-corrected chi connectivity index (χ4v) is 1.37. The SMILES string of the molecule is Cc1nn(CC(=O)NC2CC2)cc1Cl. The maximum absolute atomic E-state index is 11.4. The van der Waals surface area contributed by atoms with Crippen LogP contribution in [0.2, 0.25) is 5.02 Å². The van der Waals surface area contributed by atoms with E-state index in [0.29, 0.717) is 11.1 Å². The highest BCUT2D eigenvalue weighted by molar-refractivity contribution is 6.31. The number of aromatic nitrogens is 2. The van der Waals surface area contributed by atoms with E-state index in [1.165, 1.54) is 0 Å². The summed E-state index contributed by atoms with van der Waals surface area (Å²) in [5.74, 6) is 0.00617. The van der Waals surface area contributed by atoms with Gasteiger partial charge in [0.1, 0.15) is 6.54 Å². The van der Waals surface area contributed by atoms with Gasteiger partial charge in [0.2, 0.25) is 5.91 Å². The maximum Gasteiger partial charge on any atom is 0.241 e. The predicted molar refractivity (Wildman–Crippen MR) is 53.1 cm³/mol. The van der Waals surface area contributed by atoms with Crippen LogP contribution in [0.1, 0.15) is 18.5 Å². The van der Waals surface area contributed by atoms with Crippen LogP contribution in [0.25, 0.3) is 0 Å². The van der Waals surface area contributed by atoms with Crippen molar-refractivity contribution in [1.82, 2.24) is 15.1 Å². The lowest BCUT2D eigenvalue weighted by Crippen LogP contribution is -2.29. The maximum atomic E-state index is 11.4. The number of halogens is 1. The molecule has 5 heteroatoms. The number of nitrogens with one attached hydrogen (secondary N) is 1. The van der Waals surface area contributed by atoms with Crippen LogP contribution in [-0.2, 0) is 11.3 Å². The van der Waals surface area contributed by atoms with E-state index < -0.39 is 0 Å². The molecule has 0 spiro atoms. The molecule has 2 rings (SSSR count). The van der Waals surface area contributed by atoms with Gasteiger partial charge in [-0.05, 0) is 19.8 Å². The molecule has 0 saturated heterocycles.